The molecule has 134 valence electrons. The van der Waals surface area contributed by atoms with Crippen molar-refractivity contribution in [3.63, 3.8) is 0 Å². The molecule has 0 aliphatic heterocycles. The molecular weight excluding hydrogens is 358 g/mol. The third-order valence-electron chi connectivity index (χ3n) is 4.31. The predicted octanol–water partition coefficient (Wildman–Crippen LogP) is 5.27. The molecule has 0 saturated heterocycles. The van der Waals surface area contributed by atoms with E-state index in [0.717, 1.165) is 5.56 Å². The van der Waals surface area contributed by atoms with E-state index < -0.39 is 0 Å². The molecule has 4 nitrogen and oxygen atoms in total. The Morgan fingerprint density at radius 3 is 2.04 bits per heavy atom. The van der Waals surface area contributed by atoms with Crippen LogP contribution in [0.25, 0.3) is 11.4 Å². The number of nitrogens with zero attached hydrogens (tertiary/aromatic N) is 2. The molecule has 0 aliphatic rings. The third-order valence-corrected chi connectivity index (χ3v) is 4.64. The second-order valence-electron chi connectivity index (χ2n) is 6.13. The molecule has 3 aromatic carbocycles. The molecule has 0 aliphatic carbocycles. The van der Waals surface area contributed by atoms with Crippen molar-refractivity contribution in [3.05, 3.63) is 107 Å². The summed E-state index contributed by atoms with van der Waals surface area (Å²) < 4.78 is 5.41. The van der Waals surface area contributed by atoms with Crippen molar-refractivity contribution >= 4 is 11.6 Å². The van der Waals surface area contributed by atoms with Crippen molar-refractivity contribution in [2.45, 2.75) is 12.6 Å². The molecule has 0 spiro atoms. The van der Waals surface area contributed by atoms with Gasteiger partial charge in [-0.05, 0) is 23.3 Å². The number of rotatable bonds is 6. The summed E-state index contributed by atoms with van der Waals surface area (Å²) in [6.45, 7) is 0.450. The summed E-state index contributed by atoms with van der Waals surface area (Å²) >= 11 is 6.22. The SMILES string of the molecule is Clc1ccccc1-c1noc(CNC(c2ccccc2)c2ccccc2)n1. The average molecular weight is 376 g/mol. The standard InChI is InChI=1S/C22H18ClN3O/c23-19-14-8-7-13-18(19)22-25-20(27-26-22)15-24-21(16-9-3-1-4-10-16)17-11-5-2-6-12-17/h1-14,21,24H,15H2. The topological polar surface area (TPSA) is 51.0 Å². The van der Waals surface area contributed by atoms with Crippen LogP contribution >= 0.6 is 11.6 Å². The summed E-state index contributed by atoms with van der Waals surface area (Å²) in [5, 5.41) is 8.18. The van der Waals surface area contributed by atoms with E-state index in [-0.39, 0.29) is 6.04 Å². The summed E-state index contributed by atoms with van der Waals surface area (Å²) in [5.74, 6) is 1.01. The quantitative estimate of drug-likeness (QED) is 0.498. The summed E-state index contributed by atoms with van der Waals surface area (Å²) in [7, 11) is 0. The lowest BCUT2D eigenvalue weighted by molar-refractivity contribution is 0.363. The lowest BCUT2D eigenvalue weighted by Gasteiger charge is -2.18. The lowest BCUT2D eigenvalue weighted by atomic mass is 9.99. The zero-order valence-corrected chi connectivity index (χ0v) is 15.3. The molecule has 4 rings (SSSR count). The summed E-state index contributed by atoms with van der Waals surface area (Å²) in [6.07, 6.45) is 0. The van der Waals surface area contributed by atoms with E-state index in [1.54, 1.807) is 0 Å². The van der Waals surface area contributed by atoms with Gasteiger partial charge in [0, 0.05) is 5.56 Å². The molecule has 0 saturated carbocycles. The van der Waals surface area contributed by atoms with Gasteiger partial charge in [-0.15, -0.1) is 0 Å². The monoisotopic (exact) mass is 375 g/mol. The van der Waals surface area contributed by atoms with Gasteiger partial charge < -0.3 is 4.52 Å². The molecule has 5 heteroatoms. The Bertz CT molecular complexity index is 963. The second kappa shape index (κ2) is 8.16. The zero-order valence-electron chi connectivity index (χ0n) is 14.5. The Kier molecular flexibility index (Phi) is 5.28. The van der Waals surface area contributed by atoms with Crippen molar-refractivity contribution in [2.24, 2.45) is 0 Å². The Balaban J connectivity index is 1.55. The van der Waals surface area contributed by atoms with Crippen LogP contribution in [0.15, 0.2) is 89.5 Å². The minimum absolute atomic E-state index is 0.0306. The zero-order chi connectivity index (χ0) is 18.5. The van der Waals surface area contributed by atoms with Crippen LogP contribution < -0.4 is 5.32 Å². The maximum Gasteiger partial charge on any atom is 0.240 e. The fourth-order valence-corrected chi connectivity index (χ4v) is 3.21. The lowest BCUT2D eigenvalue weighted by Crippen LogP contribution is -2.22. The first-order valence-corrected chi connectivity index (χ1v) is 9.10. The van der Waals surface area contributed by atoms with E-state index in [0.29, 0.717) is 23.3 Å². The van der Waals surface area contributed by atoms with Crippen molar-refractivity contribution in [1.29, 1.82) is 0 Å². The Labute approximate surface area is 162 Å². The smallest absolute Gasteiger partial charge is 0.240 e. The van der Waals surface area contributed by atoms with E-state index >= 15 is 0 Å². The highest BCUT2D eigenvalue weighted by Gasteiger charge is 2.16. The molecule has 4 aromatic rings. The van der Waals surface area contributed by atoms with Crippen LogP contribution in [0.4, 0.5) is 0 Å². The van der Waals surface area contributed by atoms with E-state index in [4.69, 9.17) is 16.1 Å². The Hall–Kier alpha value is -2.95. The summed E-state index contributed by atoms with van der Waals surface area (Å²) in [6, 6.07) is 28.1. The van der Waals surface area contributed by atoms with Crippen LogP contribution in [0.2, 0.25) is 5.02 Å². The molecular formula is C22H18ClN3O. The molecule has 0 atom stereocenters. The minimum atomic E-state index is 0.0306. The van der Waals surface area contributed by atoms with Gasteiger partial charge in [0.05, 0.1) is 17.6 Å². The largest absolute Gasteiger partial charge is 0.338 e. The maximum absolute atomic E-state index is 6.22. The minimum Gasteiger partial charge on any atom is -0.338 e. The molecule has 0 bridgehead atoms. The molecule has 1 aromatic heterocycles. The van der Waals surface area contributed by atoms with Gasteiger partial charge in [-0.2, -0.15) is 4.98 Å². The Morgan fingerprint density at radius 1 is 0.815 bits per heavy atom. The molecule has 0 fully saturated rings. The van der Waals surface area contributed by atoms with Gasteiger partial charge in [-0.3, -0.25) is 5.32 Å². The first kappa shape index (κ1) is 17.5. The first-order valence-electron chi connectivity index (χ1n) is 8.72. The van der Waals surface area contributed by atoms with Gasteiger partial charge in [-0.1, -0.05) is 89.6 Å². The predicted molar refractivity (Wildman–Crippen MR) is 106 cm³/mol. The van der Waals surface area contributed by atoms with Crippen molar-refractivity contribution in [3.8, 4) is 11.4 Å². The fourth-order valence-electron chi connectivity index (χ4n) is 2.99. The van der Waals surface area contributed by atoms with Crippen LogP contribution in [0.5, 0.6) is 0 Å². The van der Waals surface area contributed by atoms with Gasteiger partial charge in [0.1, 0.15) is 0 Å². The van der Waals surface area contributed by atoms with Crippen LogP contribution in [0.1, 0.15) is 23.1 Å². The van der Waals surface area contributed by atoms with Crippen molar-refractivity contribution in [2.75, 3.05) is 0 Å². The van der Waals surface area contributed by atoms with Gasteiger partial charge >= 0.3 is 0 Å². The number of hydrogen-bond acceptors (Lipinski definition) is 4. The van der Waals surface area contributed by atoms with Crippen LogP contribution in [0, 0.1) is 0 Å². The Morgan fingerprint density at radius 2 is 1.41 bits per heavy atom. The first-order chi connectivity index (χ1) is 13.3. The molecule has 27 heavy (non-hydrogen) atoms. The van der Waals surface area contributed by atoms with Gasteiger partial charge in [-0.25, -0.2) is 0 Å². The number of hydrogen-bond donors (Lipinski definition) is 1. The van der Waals surface area contributed by atoms with E-state index in [1.807, 2.05) is 60.7 Å². The number of nitrogens with one attached hydrogen (secondary N) is 1. The van der Waals surface area contributed by atoms with E-state index in [1.165, 1.54) is 11.1 Å². The molecule has 0 unspecified atom stereocenters. The molecule has 1 N–H and O–H groups in total. The maximum atomic E-state index is 6.22. The van der Waals surface area contributed by atoms with Gasteiger partial charge in [0.15, 0.2) is 0 Å². The highest BCUT2D eigenvalue weighted by Crippen LogP contribution is 2.26. The van der Waals surface area contributed by atoms with Crippen molar-refractivity contribution in [1.82, 2.24) is 15.5 Å². The molecule has 0 radical (unpaired) electrons. The third kappa shape index (κ3) is 4.08. The van der Waals surface area contributed by atoms with E-state index in [2.05, 4.69) is 39.7 Å². The fraction of sp³-hybridized carbons (Fsp3) is 0.0909. The highest BCUT2D eigenvalue weighted by molar-refractivity contribution is 6.33. The summed E-state index contributed by atoms with van der Waals surface area (Å²) in [4.78, 5) is 4.48. The number of aromatic nitrogens is 2. The highest BCUT2D eigenvalue weighted by atomic mass is 35.5. The second-order valence-corrected chi connectivity index (χ2v) is 6.53. The number of benzene rings is 3. The number of halogens is 1. The van der Waals surface area contributed by atoms with Crippen LogP contribution in [-0.4, -0.2) is 10.1 Å². The van der Waals surface area contributed by atoms with Crippen molar-refractivity contribution < 1.29 is 4.52 Å². The summed E-state index contributed by atoms with van der Waals surface area (Å²) in [5.41, 5.74) is 3.11. The molecule has 1 heterocycles. The van der Waals surface area contributed by atoms with Crippen LogP contribution in [-0.2, 0) is 6.54 Å². The molecule has 0 amide bonds. The van der Waals surface area contributed by atoms with Gasteiger partial charge in [0.25, 0.3) is 0 Å². The van der Waals surface area contributed by atoms with Gasteiger partial charge in [0.2, 0.25) is 11.7 Å². The normalized spacial score (nSPS) is 11.0. The average Bonchev–Trinajstić information content (AvgIpc) is 3.19. The van der Waals surface area contributed by atoms with Crippen LogP contribution in [0.3, 0.4) is 0 Å². The van der Waals surface area contributed by atoms with E-state index in [9.17, 15) is 0 Å².